The molecule has 2 rings (SSSR count). The first-order valence-electron chi connectivity index (χ1n) is 3.97. The predicted octanol–water partition coefficient (Wildman–Crippen LogP) is -0.328. The molecule has 6 nitrogen and oxygen atoms in total. The maximum Gasteiger partial charge on any atom is 0.368 e. The zero-order valence-corrected chi connectivity index (χ0v) is 7.45. The molecule has 0 aliphatic heterocycles. The summed E-state index contributed by atoms with van der Waals surface area (Å²) in [6, 6.07) is 6.14. The molecule has 1 aromatic carbocycles. The molecule has 1 N–H and O–H groups in total. The average molecular weight is 192 g/mol. The van der Waals surface area contributed by atoms with E-state index in [9.17, 15) is 4.79 Å². The molecule has 0 saturated carbocycles. The Kier molecular flexibility index (Phi) is 1.81. The zero-order valence-electron chi connectivity index (χ0n) is 7.45. The highest BCUT2D eigenvalue weighted by atomic mass is 16.3. The molecule has 0 saturated heterocycles. The summed E-state index contributed by atoms with van der Waals surface area (Å²) in [6.45, 7) is 0. The van der Waals surface area contributed by atoms with Gasteiger partial charge in [0.15, 0.2) is 0 Å². The van der Waals surface area contributed by atoms with Crippen LogP contribution in [-0.2, 0) is 7.05 Å². The zero-order chi connectivity index (χ0) is 10.1. The Bertz CT molecular complexity index is 497. The highest BCUT2D eigenvalue weighted by Gasteiger charge is 2.04. The van der Waals surface area contributed by atoms with Gasteiger partial charge in [-0.05, 0) is 34.7 Å². The van der Waals surface area contributed by atoms with Crippen molar-refractivity contribution in [1.29, 1.82) is 0 Å². The molecule has 0 unspecified atom stereocenters. The van der Waals surface area contributed by atoms with Crippen LogP contribution in [0.15, 0.2) is 29.1 Å². The minimum Gasteiger partial charge on any atom is -0.508 e. The molecule has 0 amide bonds. The van der Waals surface area contributed by atoms with Crippen molar-refractivity contribution in [3.8, 4) is 11.4 Å². The fraction of sp³-hybridized carbons (Fsp3) is 0.125. The Morgan fingerprint density at radius 3 is 2.36 bits per heavy atom. The normalized spacial score (nSPS) is 10.4. The molecule has 72 valence electrons. The van der Waals surface area contributed by atoms with Crippen molar-refractivity contribution >= 4 is 0 Å². The molecule has 0 aliphatic rings. The van der Waals surface area contributed by atoms with Crippen LogP contribution < -0.4 is 5.69 Å². The van der Waals surface area contributed by atoms with Gasteiger partial charge in [-0.15, -0.1) is 0 Å². The lowest BCUT2D eigenvalue weighted by atomic mass is 10.3. The number of hydrogen-bond acceptors (Lipinski definition) is 4. The first kappa shape index (κ1) is 8.49. The standard InChI is InChI=1S/C8H8N4O2/c1-11-8(14)12(10-9-11)6-2-4-7(13)5-3-6/h2-5,13H,1H3. The van der Waals surface area contributed by atoms with Crippen molar-refractivity contribution in [2.45, 2.75) is 0 Å². The molecule has 2 aromatic rings. The van der Waals surface area contributed by atoms with Gasteiger partial charge in [-0.2, -0.15) is 9.36 Å². The topological polar surface area (TPSA) is 72.9 Å². The van der Waals surface area contributed by atoms with E-state index in [1.54, 1.807) is 12.1 Å². The Labute approximate surface area is 79.0 Å². The van der Waals surface area contributed by atoms with Crippen LogP contribution in [0.3, 0.4) is 0 Å². The van der Waals surface area contributed by atoms with Crippen molar-refractivity contribution in [2.24, 2.45) is 7.05 Å². The fourth-order valence-corrected chi connectivity index (χ4v) is 1.07. The second-order valence-electron chi connectivity index (χ2n) is 2.81. The fourth-order valence-electron chi connectivity index (χ4n) is 1.07. The maximum absolute atomic E-state index is 11.4. The summed E-state index contributed by atoms with van der Waals surface area (Å²) < 4.78 is 2.28. The van der Waals surface area contributed by atoms with Gasteiger partial charge in [0, 0.05) is 7.05 Å². The SMILES string of the molecule is Cn1nnn(-c2ccc(O)cc2)c1=O. The number of benzene rings is 1. The van der Waals surface area contributed by atoms with Gasteiger partial charge in [0.2, 0.25) is 0 Å². The number of hydrogen-bond donors (Lipinski definition) is 1. The van der Waals surface area contributed by atoms with Crippen LogP contribution in [0.2, 0.25) is 0 Å². The van der Waals surface area contributed by atoms with E-state index >= 15 is 0 Å². The number of tetrazole rings is 1. The lowest BCUT2D eigenvalue weighted by molar-refractivity contribution is 0.475. The second-order valence-corrected chi connectivity index (χ2v) is 2.81. The van der Waals surface area contributed by atoms with Gasteiger partial charge in [-0.1, -0.05) is 0 Å². The summed E-state index contributed by atoms with van der Waals surface area (Å²) in [5.41, 5.74) is 0.247. The molecule has 1 aromatic heterocycles. The Hall–Kier alpha value is -2.11. The lowest BCUT2D eigenvalue weighted by Gasteiger charge is -1.97. The molecule has 1 heterocycles. The van der Waals surface area contributed by atoms with Crippen molar-refractivity contribution < 1.29 is 5.11 Å². The minimum atomic E-state index is -0.323. The number of phenolic OH excluding ortho intramolecular Hbond substituents is 1. The van der Waals surface area contributed by atoms with Crippen LogP contribution in [0.25, 0.3) is 5.69 Å². The van der Waals surface area contributed by atoms with Crippen LogP contribution in [0.5, 0.6) is 5.75 Å². The molecule has 0 radical (unpaired) electrons. The monoisotopic (exact) mass is 192 g/mol. The first-order chi connectivity index (χ1) is 6.68. The second kappa shape index (κ2) is 2.99. The van der Waals surface area contributed by atoms with Gasteiger partial charge < -0.3 is 5.11 Å². The van der Waals surface area contributed by atoms with Crippen LogP contribution in [0.1, 0.15) is 0 Å². The van der Waals surface area contributed by atoms with E-state index in [1.807, 2.05) is 0 Å². The van der Waals surface area contributed by atoms with Crippen LogP contribution >= 0.6 is 0 Å². The summed E-state index contributed by atoms with van der Waals surface area (Å²) in [5.74, 6) is 0.144. The van der Waals surface area contributed by atoms with Gasteiger partial charge in [-0.25, -0.2) is 4.79 Å². The molecular formula is C8H8N4O2. The smallest absolute Gasteiger partial charge is 0.368 e. The summed E-state index contributed by atoms with van der Waals surface area (Å²) in [5, 5.41) is 16.3. The molecular weight excluding hydrogens is 184 g/mol. The Morgan fingerprint density at radius 2 is 1.86 bits per heavy atom. The van der Waals surface area contributed by atoms with Crippen molar-refractivity contribution in [3.63, 3.8) is 0 Å². The third kappa shape index (κ3) is 1.26. The molecule has 0 bridgehead atoms. The predicted molar refractivity (Wildman–Crippen MR) is 48.3 cm³/mol. The molecule has 14 heavy (non-hydrogen) atoms. The number of phenols is 1. The number of aryl methyl sites for hydroxylation is 1. The van der Waals surface area contributed by atoms with Crippen LogP contribution in [0.4, 0.5) is 0 Å². The quantitative estimate of drug-likeness (QED) is 0.671. The van der Waals surface area contributed by atoms with Crippen molar-refractivity contribution in [1.82, 2.24) is 19.8 Å². The largest absolute Gasteiger partial charge is 0.508 e. The molecule has 6 heteroatoms. The third-order valence-corrected chi connectivity index (χ3v) is 1.82. The molecule has 0 fully saturated rings. The highest BCUT2D eigenvalue weighted by Crippen LogP contribution is 2.10. The number of rotatable bonds is 1. The van der Waals surface area contributed by atoms with E-state index in [2.05, 4.69) is 10.4 Å². The van der Waals surface area contributed by atoms with Gasteiger partial charge in [-0.3, -0.25) is 0 Å². The van der Waals surface area contributed by atoms with Crippen LogP contribution in [-0.4, -0.2) is 24.9 Å². The third-order valence-electron chi connectivity index (χ3n) is 1.82. The van der Waals surface area contributed by atoms with Crippen LogP contribution in [0, 0.1) is 0 Å². The van der Waals surface area contributed by atoms with E-state index in [0.29, 0.717) is 5.69 Å². The number of aromatic hydroxyl groups is 1. The van der Waals surface area contributed by atoms with E-state index in [0.717, 1.165) is 9.36 Å². The molecule has 0 aliphatic carbocycles. The average Bonchev–Trinajstić information content (AvgIpc) is 2.50. The number of aromatic nitrogens is 4. The van der Waals surface area contributed by atoms with Crippen molar-refractivity contribution in [2.75, 3.05) is 0 Å². The Balaban J connectivity index is 2.55. The lowest BCUT2D eigenvalue weighted by Crippen LogP contribution is -2.21. The number of nitrogens with zero attached hydrogens (tertiary/aromatic N) is 4. The highest BCUT2D eigenvalue weighted by molar-refractivity contribution is 5.35. The van der Waals surface area contributed by atoms with E-state index in [1.165, 1.54) is 19.2 Å². The summed E-state index contributed by atoms with van der Waals surface area (Å²) >= 11 is 0. The Morgan fingerprint density at radius 1 is 1.21 bits per heavy atom. The summed E-state index contributed by atoms with van der Waals surface area (Å²) in [6.07, 6.45) is 0. The molecule has 0 spiro atoms. The van der Waals surface area contributed by atoms with Crippen molar-refractivity contribution in [3.05, 3.63) is 34.7 Å². The molecule has 0 atom stereocenters. The van der Waals surface area contributed by atoms with Gasteiger partial charge in [0.1, 0.15) is 5.75 Å². The minimum absolute atomic E-state index is 0.144. The van der Waals surface area contributed by atoms with Gasteiger partial charge in [0.05, 0.1) is 5.69 Å². The van der Waals surface area contributed by atoms with E-state index in [-0.39, 0.29) is 11.4 Å². The van der Waals surface area contributed by atoms with E-state index in [4.69, 9.17) is 5.11 Å². The maximum atomic E-state index is 11.4. The first-order valence-corrected chi connectivity index (χ1v) is 3.97. The van der Waals surface area contributed by atoms with Gasteiger partial charge >= 0.3 is 5.69 Å². The summed E-state index contributed by atoms with van der Waals surface area (Å²) in [7, 11) is 1.52. The summed E-state index contributed by atoms with van der Waals surface area (Å²) in [4.78, 5) is 11.4. The van der Waals surface area contributed by atoms with E-state index < -0.39 is 0 Å². The van der Waals surface area contributed by atoms with Gasteiger partial charge in [0.25, 0.3) is 0 Å².